The number of aryl methyl sites for hydroxylation is 1. The molecule has 7 nitrogen and oxygen atoms in total. The van der Waals surface area contributed by atoms with E-state index in [2.05, 4.69) is 20.1 Å². The average Bonchev–Trinajstić information content (AvgIpc) is 3.02. The van der Waals surface area contributed by atoms with E-state index in [-0.39, 0.29) is 5.91 Å². The van der Waals surface area contributed by atoms with Crippen LogP contribution in [0.1, 0.15) is 41.0 Å². The van der Waals surface area contributed by atoms with Crippen LogP contribution in [0.15, 0.2) is 48.5 Å². The van der Waals surface area contributed by atoms with Crippen LogP contribution in [0.4, 0.5) is 5.69 Å². The number of hydrogen-bond donors (Lipinski definition) is 1. The Morgan fingerprint density at radius 3 is 2.73 bits per heavy atom. The van der Waals surface area contributed by atoms with E-state index in [1.165, 1.54) is 6.42 Å². The Labute approximate surface area is 174 Å². The Morgan fingerprint density at radius 2 is 1.87 bits per heavy atom. The Morgan fingerprint density at radius 1 is 1.03 bits per heavy atom. The molecule has 3 heterocycles. The van der Waals surface area contributed by atoms with Gasteiger partial charge in [0.1, 0.15) is 5.82 Å². The molecule has 0 saturated carbocycles. The van der Waals surface area contributed by atoms with Crippen molar-refractivity contribution in [3.8, 4) is 11.4 Å². The van der Waals surface area contributed by atoms with Gasteiger partial charge in [-0.2, -0.15) is 0 Å². The molecule has 0 saturated heterocycles. The molecular formula is C23H22N4O3. The lowest BCUT2D eigenvalue weighted by molar-refractivity contribution is -0.125. The average molecular weight is 402 g/mol. The van der Waals surface area contributed by atoms with Crippen LogP contribution in [-0.4, -0.2) is 32.7 Å². The van der Waals surface area contributed by atoms with Crippen LogP contribution in [0.2, 0.25) is 0 Å². The van der Waals surface area contributed by atoms with E-state index in [0.29, 0.717) is 17.7 Å². The highest BCUT2D eigenvalue weighted by Gasteiger charge is 2.31. The summed E-state index contributed by atoms with van der Waals surface area (Å²) in [6.07, 6.45) is 4.00. The highest BCUT2D eigenvalue weighted by Crippen LogP contribution is 2.25. The highest BCUT2D eigenvalue weighted by atomic mass is 16.5. The Hall–Kier alpha value is -3.48. The van der Waals surface area contributed by atoms with E-state index in [0.717, 1.165) is 48.6 Å². The number of hydrogen-bond acceptors (Lipinski definition) is 5. The molecule has 1 atom stereocenters. The van der Waals surface area contributed by atoms with E-state index in [1.54, 1.807) is 12.1 Å². The van der Waals surface area contributed by atoms with E-state index in [1.807, 2.05) is 36.4 Å². The molecule has 7 heteroatoms. The molecule has 3 aromatic rings. The minimum absolute atomic E-state index is 0.332. The molecule has 0 bridgehead atoms. The van der Waals surface area contributed by atoms with Crippen LogP contribution in [-0.2, 0) is 28.9 Å². The second-order valence-electron chi connectivity index (χ2n) is 7.72. The number of benzene rings is 2. The second-order valence-corrected chi connectivity index (χ2v) is 7.72. The van der Waals surface area contributed by atoms with E-state index in [4.69, 9.17) is 4.74 Å². The summed E-state index contributed by atoms with van der Waals surface area (Å²) in [5.41, 5.74) is 2.97. The van der Waals surface area contributed by atoms with Gasteiger partial charge in [0.2, 0.25) is 0 Å². The zero-order valence-corrected chi connectivity index (χ0v) is 16.5. The third-order valence-corrected chi connectivity index (χ3v) is 5.70. The van der Waals surface area contributed by atoms with Gasteiger partial charge in [-0.1, -0.05) is 24.6 Å². The molecule has 0 aliphatic carbocycles. The number of carbonyl (C=O) groups is 2. The monoisotopic (exact) mass is 402 g/mol. The van der Waals surface area contributed by atoms with Gasteiger partial charge in [0, 0.05) is 30.6 Å². The minimum atomic E-state index is -0.834. The molecule has 1 aromatic heterocycles. The van der Waals surface area contributed by atoms with Gasteiger partial charge in [-0.05, 0) is 48.7 Å². The second kappa shape index (κ2) is 7.74. The van der Waals surface area contributed by atoms with Crippen molar-refractivity contribution in [3.63, 3.8) is 0 Å². The number of carbonyl (C=O) groups excluding carboxylic acids is 2. The molecule has 30 heavy (non-hydrogen) atoms. The first kappa shape index (κ1) is 18.5. The van der Waals surface area contributed by atoms with Crippen LogP contribution < -0.4 is 5.32 Å². The largest absolute Gasteiger partial charge is 0.448 e. The lowest BCUT2D eigenvalue weighted by Gasteiger charge is -2.23. The van der Waals surface area contributed by atoms with Crippen LogP contribution in [0.5, 0.6) is 0 Å². The maximum absolute atomic E-state index is 12.7. The van der Waals surface area contributed by atoms with Crippen molar-refractivity contribution < 1.29 is 14.3 Å². The number of rotatable bonds is 3. The molecule has 2 aliphatic rings. The Kier molecular flexibility index (Phi) is 4.78. The van der Waals surface area contributed by atoms with Crippen molar-refractivity contribution in [1.29, 1.82) is 0 Å². The zero-order valence-electron chi connectivity index (χ0n) is 16.5. The molecular weight excluding hydrogens is 380 g/mol. The Balaban J connectivity index is 1.30. The van der Waals surface area contributed by atoms with Gasteiger partial charge in [0.15, 0.2) is 11.9 Å². The molecule has 2 aliphatic heterocycles. The first-order chi connectivity index (χ1) is 14.7. The fourth-order valence-electron chi connectivity index (χ4n) is 4.10. The molecule has 2 aromatic carbocycles. The number of fused-ring (bicyclic) bond motifs is 2. The Bertz CT molecular complexity index is 1100. The number of anilines is 1. The molecule has 5 rings (SSSR count). The molecule has 0 spiro atoms. The lowest BCUT2D eigenvalue weighted by atomic mass is 9.98. The molecule has 1 N–H and O–H groups in total. The molecule has 0 fully saturated rings. The number of cyclic esters (lactones) is 1. The first-order valence-electron chi connectivity index (χ1n) is 10.3. The number of nitrogens with zero attached hydrogens (tertiary/aromatic N) is 3. The summed E-state index contributed by atoms with van der Waals surface area (Å²) < 4.78 is 7.52. The van der Waals surface area contributed by atoms with Crippen molar-refractivity contribution in [2.45, 2.75) is 44.8 Å². The summed E-state index contributed by atoms with van der Waals surface area (Å²) in [7, 11) is 0. The predicted molar refractivity (Wildman–Crippen MR) is 111 cm³/mol. The summed E-state index contributed by atoms with van der Waals surface area (Å²) >= 11 is 0. The van der Waals surface area contributed by atoms with E-state index < -0.39 is 12.1 Å². The number of esters is 1. The molecule has 0 radical (unpaired) electrons. The van der Waals surface area contributed by atoms with Gasteiger partial charge >= 0.3 is 5.97 Å². The number of nitrogens with one attached hydrogen (secondary N) is 1. The van der Waals surface area contributed by atoms with E-state index in [9.17, 15) is 9.59 Å². The van der Waals surface area contributed by atoms with Gasteiger partial charge in [0.05, 0.1) is 5.56 Å². The fourth-order valence-corrected chi connectivity index (χ4v) is 4.10. The maximum atomic E-state index is 12.7. The summed E-state index contributed by atoms with van der Waals surface area (Å²) in [5.74, 6) is 1.11. The number of aromatic nitrogens is 3. The van der Waals surface area contributed by atoms with Gasteiger partial charge in [-0.25, -0.2) is 4.79 Å². The molecule has 152 valence electrons. The number of amides is 1. The summed E-state index contributed by atoms with van der Waals surface area (Å²) in [5, 5.41) is 11.6. The maximum Gasteiger partial charge on any atom is 0.339 e. The summed E-state index contributed by atoms with van der Waals surface area (Å²) in [6, 6.07) is 14.8. The lowest BCUT2D eigenvalue weighted by Crippen LogP contribution is -2.37. The summed E-state index contributed by atoms with van der Waals surface area (Å²) in [6.45, 7) is 0.935. The van der Waals surface area contributed by atoms with Crippen molar-refractivity contribution in [2.75, 3.05) is 5.32 Å². The normalized spacial score (nSPS) is 18.0. The SMILES string of the molecule is O=C1OC(C(=O)Nc2ccc(-c3nnc4n3CCCCC4)cc2)Cc2ccccc21. The van der Waals surface area contributed by atoms with Gasteiger partial charge in [-0.15, -0.1) is 10.2 Å². The van der Waals surface area contributed by atoms with Gasteiger partial charge < -0.3 is 14.6 Å². The first-order valence-corrected chi connectivity index (χ1v) is 10.3. The standard InChI is InChI=1S/C23H22N4O3/c28-22(19-14-16-6-3-4-7-18(16)23(29)30-19)24-17-11-9-15(10-12-17)21-26-25-20-8-2-1-5-13-27(20)21/h3-4,6-7,9-12,19H,1-2,5,8,13-14H2,(H,24,28). The summed E-state index contributed by atoms with van der Waals surface area (Å²) in [4.78, 5) is 24.8. The predicted octanol–water partition coefficient (Wildman–Crippen LogP) is 3.39. The molecule has 1 amide bonds. The highest BCUT2D eigenvalue weighted by molar-refractivity contribution is 6.00. The van der Waals surface area contributed by atoms with Crippen molar-refractivity contribution in [1.82, 2.24) is 14.8 Å². The van der Waals surface area contributed by atoms with Crippen molar-refractivity contribution >= 4 is 17.6 Å². The van der Waals surface area contributed by atoms with Crippen LogP contribution in [0.3, 0.4) is 0 Å². The van der Waals surface area contributed by atoms with Crippen molar-refractivity contribution in [2.24, 2.45) is 0 Å². The van der Waals surface area contributed by atoms with Crippen LogP contribution in [0, 0.1) is 0 Å². The van der Waals surface area contributed by atoms with Gasteiger partial charge in [-0.3, -0.25) is 4.79 Å². The third-order valence-electron chi connectivity index (χ3n) is 5.70. The smallest absolute Gasteiger partial charge is 0.339 e. The zero-order chi connectivity index (χ0) is 20.5. The van der Waals surface area contributed by atoms with Gasteiger partial charge in [0.25, 0.3) is 5.91 Å². The van der Waals surface area contributed by atoms with E-state index >= 15 is 0 Å². The minimum Gasteiger partial charge on any atom is -0.448 e. The molecule has 1 unspecified atom stereocenters. The third kappa shape index (κ3) is 3.47. The van der Waals surface area contributed by atoms with Crippen LogP contribution >= 0.6 is 0 Å². The van der Waals surface area contributed by atoms with Crippen LogP contribution in [0.25, 0.3) is 11.4 Å². The fraction of sp³-hybridized carbons (Fsp3) is 0.304. The number of ether oxygens (including phenoxy) is 1. The van der Waals surface area contributed by atoms with Crippen molar-refractivity contribution in [3.05, 3.63) is 65.5 Å². The topological polar surface area (TPSA) is 86.1 Å². The quantitative estimate of drug-likeness (QED) is 0.679.